The summed E-state index contributed by atoms with van der Waals surface area (Å²) in [6, 6.07) is 0. The van der Waals surface area contributed by atoms with Crippen LogP contribution in [0.25, 0.3) is 0 Å². The Morgan fingerprint density at radius 1 is 1.27 bits per heavy atom. The van der Waals surface area contributed by atoms with Crippen LogP contribution in [0, 0.1) is 0 Å². The zero-order chi connectivity index (χ0) is 8.53. The van der Waals surface area contributed by atoms with Crippen molar-refractivity contribution < 1.29 is 9.47 Å². The summed E-state index contributed by atoms with van der Waals surface area (Å²) in [7, 11) is 1.67. The zero-order valence-electron chi connectivity index (χ0n) is 7.31. The van der Waals surface area contributed by atoms with E-state index in [2.05, 4.69) is 0 Å². The van der Waals surface area contributed by atoms with E-state index in [9.17, 15) is 0 Å². The van der Waals surface area contributed by atoms with Crippen LogP contribution in [0.1, 0.15) is 19.8 Å². The molecule has 0 aliphatic heterocycles. The van der Waals surface area contributed by atoms with Crippen molar-refractivity contribution in [1.82, 2.24) is 0 Å². The van der Waals surface area contributed by atoms with Gasteiger partial charge in [0.05, 0.1) is 13.2 Å². The van der Waals surface area contributed by atoms with Gasteiger partial charge in [0.15, 0.2) is 0 Å². The van der Waals surface area contributed by atoms with Crippen molar-refractivity contribution in [3.05, 3.63) is 0 Å². The molecule has 0 N–H and O–H groups in total. The summed E-state index contributed by atoms with van der Waals surface area (Å²) in [5.74, 6) is 0. The van der Waals surface area contributed by atoms with Crippen LogP contribution in [-0.4, -0.2) is 32.3 Å². The van der Waals surface area contributed by atoms with Gasteiger partial charge >= 0.3 is 0 Å². The molecule has 68 valence electrons. The Morgan fingerprint density at radius 3 is 2.55 bits per heavy atom. The van der Waals surface area contributed by atoms with Gasteiger partial charge in [0.25, 0.3) is 0 Å². The van der Waals surface area contributed by atoms with Gasteiger partial charge in [-0.25, -0.2) is 0 Å². The van der Waals surface area contributed by atoms with Crippen molar-refractivity contribution in [2.45, 2.75) is 25.1 Å². The van der Waals surface area contributed by atoms with Gasteiger partial charge in [-0.2, -0.15) is 0 Å². The van der Waals surface area contributed by atoms with Crippen LogP contribution in [0.4, 0.5) is 0 Å². The molecule has 0 spiro atoms. The van der Waals surface area contributed by atoms with Gasteiger partial charge in [-0.15, -0.1) is 11.6 Å². The Morgan fingerprint density at radius 2 is 2.00 bits per heavy atom. The fourth-order valence-electron chi connectivity index (χ4n) is 0.711. The number of ether oxygens (including phenoxy) is 2. The van der Waals surface area contributed by atoms with Crippen molar-refractivity contribution in [3.63, 3.8) is 0 Å². The highest BCUT2D eigenvalue weighted by Crippen LogP contribution is 2.03. The second kappa shape index (κ2) is 8.31. The molecular formula is C8H17ClO2. The SMILES string of the molecule is COCCOCCCC(C)Cl. The Balaban J connectivity index is 2.80. The standard InChI is InChI=1S/C8H17ClO2/c1-8(9)4-3-5-11-7-6-10-2/h8H,3-7H2,1-2H3. The molecule has 0 rings (SSSR count). The lowest BCUT2D eigenvalue weighted by Gasteiger charge is -2.03. The lowest BCUT2D eigenvalue weighted by Crippen LogP contribution is -2.04. The van der Waals surface area contributed by atoms with Crippen molar-refractivity contribution in [1.29, 1.82) is 0 Å². The summed E-state index contributed by atoms with van der Waals surface area (Å²) in [5.41, 5.74) is 0. The highest BCUT2D eigenvalue weighted by atomic mass is 35.5. The van der Waals surface area contributed by atoms with Crippen LogP contribution in [0.3, 0.4) is 0 Å². The predicted octanol–water partition coefficient (Wildman–Crippen LogP) is 2.06. The fourth-order valence-corrected chi connectivity index (χ4v) is 0.865. The number of rotatable bonds is 7. The quantitative estimate of drug-likeness (QED) is 0.441. The molecule has 0 radical (unpaired) electrons. The first-order chi connectivity index (χ1) is 5.27. The highest BCUT2D eigenvalue weighted by molar-refractivity contribution is 6.20. The Labute approximate surface area is 73.8 Å². The van der Waals surface area contributed by atoms with Crippen molar-refractivity contribution in [3.8, 4) is 0 Å². The second-order valence-corrected chi connectivity index (χ2v) is 3.27. The average Bonchev–Trinajstić information content (AvgIpc) is 1.96. The first kappa shape index (κ1) is 11.2. The third-order valence-electron chi connectivity index (χ3n) is 1.32. The summed E-state index contributed by atoms with van der Waals surface area (Å²) in [6.07, 6.45) is 2.06. The minimum Gasteiger partial charge on any atom is -0.382 e. The molecule has 0 aromatic rings. The maximum Gasteiger partial charge on any atom is 0.0700 e. The van der Waals surface area contributed by atoms with E-state index in [0.29, 0.717) is 13.2 Å². The number of methoxy groups -OCH3 is 1. The smallest absolute Gasteiger partial charge is 0.0700 e. The van der Waals surface area contributed by atoms with E-state index in [-0.39, 0.29) is 5.38 Å². The Bertz CT molecular complexity index is 76.5. The van der Waals surface area contributed by atoms with Gasteiger partial charge in [-0.3, -0.25) is 0 Å². The number of alkyl halides is 1. The maximum absolute atomic E-state index is 5.74. The zero-order valence-corrected chi connectivity index (χ0v) is 8.06. The first-order valence-corrected chi connectivity index (χ1v) is 4.41. The molecule has 0 saturated heterocycles. The molecule has 0 bridgehead atoms. The lowest BCUT2D eigenvalue weighted by atomic mass is 10.3. The van der Waals surface area contributed by atoms with Crippen molar-refractivity contribution in [2.75, 3.05) is 26.9 Å². The van der Waals surface area contributed by atoms with Gasteiger partial charge in [-0.05, 0) is 19.8 Å². The number of halogens is 1. The van der Waals surface area contributed by atoms with Gasteiger partial charge in [0.2, 0.25) is 0 Å². The van der Waals surface area contributed by atoms with Crippen LogP contribution in [-0.2, 0) is 9.47 Å². The predicted molar refractivity (Wildman–Crippen MR) is 47.2 cm³/mol. The summed E-state index contributed by atoms with van der Waals surface area (Å²) in [4.78, 5) is 0. The molecule has 1 unspecified atom stereocenters. The molecular weight excluding hydrogens is 164 g/mol. The molecule has 2 nitrogen and oxygen atoms in total. The molecule has 0 aliphatic carbocycles. The van der Waals surface area contributed by atoms with E-state index in [0.717, 1.165) is 19.4 Å². The van der Waals surface area contributed by atoms with Crippen LogP contribution < -0.4 is 0 Å². The van der Waals surface area contributed by atoms with Crippen LogP contribution in [0.5, 0.6) is 0 Å². The van der Waals surface area contributed by atoms with E-state index in [1.54, 1.807) is 7.11 Å². The van der Waals surface area contributed by atoms with Gasteiger partial charge in [0.1, 0.15) is 0 Å². The molecule has 11 heavy (non-hydrogen) atoms. The molecule has 0 aliphatic rings. The van der Waals surface area contributed by atoms with Crippen molar-refractivity contribution >= 4 is 11.6 Å². The largest absolute Gasteiger partial charge is 0.382 e. The average molecular weight is 181 g/mol. The summed E-state index contributed by atoms with van der Waals surface area (Å²) in [6.45, 7) is 4.15. The van der Waals surface area contributed by atoms with Crippen LogP contribution >= 0.6 is 11.6 Å². The highest BCUT2D eigenvalue weighted by Gasteiger charge is 1.95. The van der Waals surface area contributed by atoms with E-state index in [1.807, 2.05) is 6.92 Å². The molecule has 0 heterocycles. The fraction of sp³-hybridized carbons (Fsp3) is 1.00. The summed E-state index contributed by atoms with van der Waals surface area (Å²) >= 11 is 5.74. The third kappa shape index (κ3) is 10.2. The topological polar surface area (TPSA) is 18.5 Å². The maximum atomic E-state index is 5.74. The van der Waals surface area contributed by atoms with Gasteiger partial charge in [-0.1, -0.05) is 0 Å². The molecule has 1 atom stereocenters. The lowest BCUT2D eigenvalue weighted by molar-refractivity contribution is 0.0688. The minimum absolute atomic E-state index is 0.265. The normalized spacial score (nSPS) is 13.4. The van der Waals surface area contributed by atoms with Crippen molar-refractivity contribution in [2.24, 2.45) is 0 Å². The van der Waals surface area contributed by atoms with E-state index in [4.69, 9.17) is 21.1 Å². The molecule has 0 amide bonds. The van der Waals surface area contributed by atoms with Crippen LogP contribution in [0.2, 0.25) is 0 Å². The van der Waals surface area contributed by atoms with Gasteiger partial charge < -0.3 is 9.47 Å². The Kier molecular flexibility index (Phi) is 8.47. The van der Waals surface area contributed by atoms with E-state index >= 15 is 0 Å². The molecule has 0 aromatic carbocycles. The summed E-state index contributed by atoms with van der Waals surface area (Å²) < 4.78 is 10.1. The molecule has 0 saturated carbocycles. The monoisotopic (exact) mass is 180 g/mol. The number of hydrogen-bond donors (Lipinski definition) is 0. The second-order valence-electron chi connectivity index (χ2n) is 2.53. The molecule has 0 fully saturated rings. The molecule has 0 aromatic heterocycles. The third-order valence-corrected chi connectivity index (χ3v) is 1.54. The summed E-state index contributed by atoms with van der Waals surface area (Å²) in [5, 5.41) is 0.265. The first-order valence-electron chi connectivity index (χ1n) is 3.98. The minimum atomic E-state index is 0.265. The van der Waals surface area contributed by atoms with E-state index in [1.165, 1.54) is 0 Å². The van der Waals surface area contributed by atoms with Gasteiger partial charge in [0, 0.05) is 19.1 Å². The molecule has 3 heteroatoms. The number of hydrogen-bond acceptors (Lipinski definition) is 2. The van der Waals surface area contributed by atoms with Crippen LogP contribution in [0.15, 0.2) is 0 Å². The Hall–Kier alpha value is 0.210. The van der Waals surface area contributed by atoms with E-state index < -0.39 is 0 Å².